The Morgan fingerprint density at radius 1 is 1.23 bits per heavy atom. The highest BCUT2D eigenvalue weighted by Crippen LogP contribution is 2.17. The van der Waals surface area contributed by atoms with Crippen molar-refractivity contribution in [3.05, 3.63) is 53.1 Å². The first-order chi connectivity index (χ1) is 10.7. The fourth-order valence-electron chi connectivity index (χ4n) is 2.44. The summed E-state index contributed by atoms with van der Waals surface area (Å²) in [5.74, 6) is 1.41. The molecule has 1 N–H and O–H groups in total. The van der Waals surface area contributed by atoms with Crippen LogP contribution in [0.5, 0.6) is 0 Å². The molecule has 2 heterocycles. The van der Waals surface area contributed by atoms with Crippen LogP contribution in [-0.2, 0) is 17.9 Å². The van der Waals surface area contributed by atoms with E-state index in [1.165, 1.54) is 5.56 Å². The number of benzene rings is 1. The van der Waals surface area contributed by atoms with Gasteiger partial charge in [-0.1, -0.05) is 18.2 Å². The molecule has 1 aromatic carbocycles. The molecule has 6 heteroatoms. The highest BCUT2D eigenvalue weighted by atomic mass is 16.5. The number of hydrogen-bond donors (Lipinski definition) is 1. The third-order valence-electron chi connectivity index (χ3n) is 3.43. The van der Waals surface area contributed by atoms with Gasteiger partial charge in [0.25, 0.3) is 0 Å². The van der Waals surface area contributed by atoms with Gasteiger partial charge in [0.05, 0.1) is 12.2 Å². The highest BCUT2D eigenvalue weighted by Gasteiger charge is 2.08. The van der Waals surface area contributed by atoms with Crippen molar-refractivity contribution in [2.24, 2.45) is 0 Å². The molecule has 0 saturated heterocycles. The average molecular weight is 297 g/mol. The first-order valence-corrected chi connectivity index (χ1v) is 7.16. The number of aromatic amines is 1. The maximum Gasteiger partial charge on any atom is 0.181 e. The van der Waals surface area contributed by atoms with E-state index in [0.29, 0.717) is 12.4 Å². The maximum absolute atomic E-state index is 5.05. The van der Waals surface area contributed by atoms with Gasteiger partial charge in [-0.25, -0.2) is 4.98 Å². The number of ether oxygens (including phenoxy) is 1. The van der Waals surface area contributed by atoms with Crippen LogP contribution in [0.3, 0.4) is 0 Å². The van der Waals surface area contributed by atoms with E-state index in [-0.39, 0.29) is 0 Å². The third-order valence-corrected chi connectivity index (χ3v) is 3.43. The van der Waals surface area contributed by atoms with Crippen molar-refractivity contribution in [2.75, 3.05) is 7.11 Å². The molecule has 0 aliphatic carbocycles. The second-order valence-electron chi connectivity index (χ2n) is 5.32. The van der Waals surface area contributed by atoms with Gasteiger partial charge < -0.3 is 4.74 Å². The van der Waals surface area contributed by atoms with Crippen molar-refractivity contribution in [1.82, 2.24) is 25.0 Å². The minimum absolute atomic E-state index is 0.429. The lowest BCUT2D eigenvalue weighted by Crippen LogP contribution is -2.04. The summed E-state index contributed by atoms with van der Waals surface area (Å²) in [5, 5.41) is 11.6. The number of rotatable bonds is 5. The molecule has 0 bridgehead atoms. The Labute approximate surface area is 129 Å². The van der Waals surface area contributed by atoms with Crippen molar-refractivity contribution in [1.29, 1.82) is 0 Å². The number of nitrogens with zero attached hydrogens (tertiary/aromatic N) is 4. The molecule has 0 unspecified atom stereocenters. The van der Waals surface area contributed by atoms with Gasteiger partial charge in [0, 0.05) is 18.4 Å². The van der Waals surface area contributed by atoms with Crippen LogP contribution in [0.15, 0.2) is 30.3 Å². The van der Waals surface area contributed by atoms with Crippen LogP contribution in [0, 0.1) is 13.8 Å². The third kappa shape index (κ3) is 3.07. The van der Waals surface area contributed by atoms with Gasteiger partial charge >= 0.3 is 0 Å². The summed E-state index contributed by atoms with van der Waals surface area (Å²) in [6.45, 7) is 5.24. The van der Waals surface area contributed by atoms with E-state index in [1.54, 1.807) is 7.11 Å². The number of aromatic nitrogens is 5. The van der Waals surface area contributed by atoms with Crippen molar-refractivity contribution in [3.8, 4) is 11.4 Å². The van der Waals surface area contributed by atoms with E-state index in [1.807, 2.05) is 23.7 Å². The lowest BCUT2D eigenvalue weighted by molar-refractivity contribution is 0.178. The molecule has 6 nitrogen and oxygen atoms in total. The zero-order valence-corrected chi connectivity index (χ0v) is 13.0. The molecule has 0 radical (unpaired) electrons. The van der Waals surface area contributed by atoms with E-state index in [4.69, 9.17) is 4.74 Å². The van der Waals surface area contributed by atoms with E-state index in [0.717, 1.165) is 29.3 Å². The summed E-state index contributed by atoms with van der Waals surface area (Å²) < 4.78 is 7.05. The Morgan fingerprint density at radius 3 is 2.82 bits per heavy atom. The fourth-order valence-corrected chi connectivity index (χ4v) is 2.44. The van der Waals surface area contributed by atoms with E-state index >= 15 is 0 Å². The quantitative estimate of drug-likeness (QED) is 0.785. The molecule has 3 aromatic rings. The van der Waals surface area contributed by atoms with Crippen LogP contribution in [0.2, 0.25) is 0 Å². The normalized spacial score (nSPS) is 11.0. The van der Waals surface area contributed by atoms with Crippen LogP contribution in [0.1, 0.15) is 22.8 Å². The molecule has 0 saturated carbocycles. The zero-order valence-electron chi connectivity index (χ0n) is 13.0. The minimum atomic E-state index is 0.429. The summed E-state index contributed by atoms with van der Waals surface area (Å²) in [4.78, 5) is 4.43. The minimum Gasteiger partial charge on any atom is -0.377 e. The number of nitrogens with one attached hydrogen (secondary N) is 1. The lowest BCUT2D eigenvalue weighted by Gasteiger charge is -2.06. The van der Waals surface area contributed by atoms with Crippen LogP contribution in [0.4, 0.5) is 0 Å². The molecule has 3 rings (SSSR count). The molecule has 0 aliphatic heterocycles. The first-order valence-electron chi connectivity index (χ1n) is 7.16. The van der Waals surface area contributed by atoms with Crippen LogP contribution < -0.4 is 0 Å². The van der Waals surface area contributed by atoms with Crippen LogP contribution >= 0.6 is 0 Å². The first kappa shape index (κ1) is 14.5. The van der Waals surface area contributed by atoms with Gasteiger partial charge in [0.1, 0.15) is 6.61 Å². The summed E-state index contributed by atoms with van der Waals surface area (Å²) in [5.41, 5.74) is 4.34. The molecule has 2 aromatic heterocycles. The summed E-state index contributed by atoms with van der Waals surface area (Å²) in [7, 11) is 1.64. The monoisotopic (exact) mass is 297 g/mol. The number of H-pyrrole nitrogens is 1. The van der Waals surface area contributed by atoms with Gasteiger partial charge in [0.2, 0.25) is 0 Å². The Hall–Kier alpha value is -2.47. The van der Waals surface area contributed by atoms with Crippen molar-refractivity contribution >= 4 is 0 Å². The van der Waals surface area contributed by atoms with Crippen molar-refractivity contribution in [2.45, 2.75) is 27.0 Å². The average Bonchev–Trinajstić information content (AvgIpc) is 3.07. The SMILES string of the molecule is COCc1nc(-c2cccc(Cn3nc(C)cc3C)c2)n[nH]1. The van der Waals surface area contributed by atoms with Crippen LogP contribution in [-0.4, -0.2) is 32.1 Å². The Balaban J connectivity index is 1.84. The molecule has 0 fully saturated rings. The van der Waals surface area contributed by atoms with Gasteiger partial charge in [-0.2, -0.15) is 10.2 Å². The second kappa shape index (κ2) is 6.11. The van der Waals surface area contributed by atoms with Gasteiger partial charge in [-0.05, 0) is 31.5 Å². The Morgan fingerprint density at radius 2 is 2.09 bits per heavy atom. The Kier molecular flexibility index (Phi) is 4.02. The van der Waals surface area contributed by atoms with Gasteiger partial charge in [-0.3, -0.25) is 9.78 Å². The van der Waals surface area contributed by atoms with Gasteiger partial charge in [0.15, 0.2) is 11.6 Å². The summed E-state index contributed by atoms with van der Waals surface area (Å²) in [6, 6.07) is 10.3. The maximum atomic E-state index is 5.05. The second-order valence-corrected chi connectivity index (χ2v) is 5.32. The van der Waals surface area contributed by atoms with E-state index in [9.17, 15) is 0 Å². The largest absolute Gasteiger partial charge is 0.377 e. The number of aryl methyl sites for hydroxylation is 2. The molecular weight excluding hydrogens is 278 g/mol. The fraction of sp³-hybridized carbons (Fsp3) is 0.312. The van der Waals surface area contributed by atoms with E-state index in [2.05, 4.69) is 45.4 Å². The predicted molar refractivity (Wildman–Crippen MR) is 83.3 cm³/mol. The topological polar surface area (TPSA) is 68.6 Å². The molecule has 0 aliphatic rings. The molecular formula is C16H19N5O. The molecule has 114 valence electrons. The Bertz CT molecular complexity index is 774. The lowest BCUT2D eigenvalue weighted by atomic mass is 10.1. The molecule has 0 spiro atoms. The van der Waals surface area contributed by atoms with Crippen LogP contribution in [0.25, 0.3) is 11.4 Å². The number of methoxy groups -OCH3 is 1. The van der Waals surface area contributed by atoms with Crippen molar-refractivity contribution in [3.63, 3.8) is 0 Å². The highest BCUT2D eigenvalue weighted by molar-refractivity contribution is 5.55. The zero-order chi connectivity index (χ0) is 15.5. The summed E-state index contributed by atoms with van der Waals surface area (Å²) >= 11 is 0. The van der Waals surface area contributed by atoms with Crippen molar-refractivity contribution < 1.29 is 4.74 Å². The molecule has 0 atom stereocenters. The smallest absolute Gasteiger partial charge is 0.181 e. The number of hydrogen-bond acceptors (Lipinski definition) is 4. The molecule has 0 amide bonds. The molecule has 22 heavy (non-hydrogen) atoms. The standard InChI is InChI=1S/C16H19N5O/c1-11-7-12(2)21(20-11)9-13-5-4-6-14(8-13)16-17-15(10-22-3)18-19-16/h4-8H,9-10H2,1-3H3,(H,17,18,19). The van der Waals surface area contributed by atoms with Gasteiger partial charge in [-0.15, -0.1) is 0 Å². The predicted octanol–water partition coefficient (Wildman–Crippen LogP) is 2.48. The summed E-state index contributed by atoms with van der Waals surface area (Å²) in [6.07, 6.45) is 0. The van der Waals surface area contributed by atoms with E-state index < -0.39 is 0 Å².